The Labute approximate surface area is 143 Å². The van der Waals surface area contributed by atoms with E-state index in [9.17, 15) is 13.6 Å². The van der Waals surface area contributed by atoms with Crippen molar-refractivity contribution in [2.75, 3.05) is 33.1 Å². The lowest BCUT2D eigenvalue weighted by Gasteiger charge is -2.21. The molecule has 0 heterocycles. The summed E-state index contributed by atoms with van der Waals surface area (Å²) in [6, 6.07) is 3.11. The normalized spacial score (nSPS) is 10.3. The summed E-state index contributed by atoms with van der Waals surface area (Å²) in [7, 11) is 3.21. The van der Waals surface area contributed by atoms with E-state index in [0.717, 1.165) is 36.4 Å². The smallest absolute Gasteiger partial charge is 0.248 e. The maximum absolute atomic E-state index is 13.4. The molecule has 0 atom stereocenters. The fourth-order valence-corrected chi connectivity index (χ4v) is 2.43. The molecule has 0 unspecified atom stereocenters. The number of thiocarbonyl (C=S) groups is 1. The van der Waals surface area contributed by atoms with Gasteiger partial charge in [-0.2, -0.15) is 0 Å². The van der Waals surface area contributed by atoms with Gasteiger partial charge in [0, 0.05) is 32.2 Å². The van der Waals surface area contributed by atoms with Crippen molar-refractivity contribution in [2.24, 2.45) is 0 Å². The molecule has 23 heavy (non-hydrogen) atoms. The Bertz CT molecular complexity index is 547. The van der Waals surface area contributed by atoms with Gasteiger partial charge >= 0.3 is 0 Å². The van der Waals surface area contributed by atoms with Gasteiger partial charge in [0.25, 0.3) is 0 Å². The number of rotatable bonds is 7. The van der Waals surface area contributed by atoms with Crippen LogP contribution in [0.3, 0.4) is 0 Å². The van der Waals surface area contributed by atoms with Gasteiger partial charge in [-0.05, 0) is 36.8 Å². The van der Waals surface area contributed by atoms with E-state index < -0.39 is 11.6 Å². The molecule has 0 aliphatic rings. The second-order valence-electron chi connectivity index (χ2n) is 4.54. The third-order valence-corrected chi connectivity index (χ3v) is 4.10. The number of benzene rings is 1. The first-order valence-electron chi connectivity index (χ1n) is 6.82. The van der Waals surface area contributed by atoms with E-state index in [0.29, 0.717) is 18.3 Å². The Kier molecular flexibility index (Phi) is 8.82. The van der Waals surface area contributed by atoms with Crippen LogP contribution in [0, 0.1) is 11.6 Å². The van der Waals surface area contributed by atoms with Crippen LogP contribution in [0.25, 0.3) is 0 Å². The number of thioether (sulfide) groups is 1. The molecule has 128 valence electrons. The average molecular weight is 363 g/mol. The minimum absolute atomic E-state index is 0.0585. The van der Waals surface area contributed by atoms with Crippen molar-refractivity contribution >= 4 is 35.0 Å². The first-order valence-corrected chi connectivity index (χ1v) is 8.21. The number of nitrogens with zero attached hydrogens (tertiary/aromatic N) is 1. The molecule has 0 spiro atoms. The van der Waals surface area contributed by atoms with Crippen LogP contribution in [-0.4, -0.2) is 49.1 Å². The van der Waals surface area contributed by atoms with Crippen molar-refractivity contribution in [3.63, 3.8) is 0 Å². The van der Waals surface area contributed by atoms with Gasteiger partial charge in [-0.3, -0.25) is 15.2 Å². The third-order valence-electron chi connectivity index (χ3n) is 2.65. The fraction of sp³-hybridized carbons (Fsp3) is 0.429. The highest BCUT2D eigenvalue weighted by Crippen LogP contribution is 2.22. The molecule has 1 amide bonds. The highest BCUT2D eigenvalue weighted by molar-refractivity contribution is 8.00. The lowest BCUT2D eigenvalue weighted by Crippen LogP contribution is -2.48. The van der Waals surface area contributed by atoms with E-state index in [-0.39, 0.29) is 16.6 Å². The van der Waals surface area contributed by atoms with Gasteiger partial charge in [-0.15, -0.1) is 11.8 Å². The SMILES string of the molecule is COCCCNC(=S)N(C)NC(=O)CSc1cc(F)ccc1F. The van der Waals surface area contributed by atoms with E-state index in [2.05, 4.69) is 10.7 Å². The number of hydrogen-bond acceptors (Lipinski definition) is 4. The number of carbonyl (C=O) groups excluding carboxylic acids is 1. The first-order chi connectivity index (χ1) is 10.9. The van der Waals surface area contributed by atoms with Crippen molar-refractivity contribution in [1.82, 2.24) is 15.8 Å². The molecule has 1 rings (SSSR count). The van der Waals surface area contributed by atoms with Crippen LogP contribution >= 0.6 is 24.0 Å². The number of hydrazine groups is 1. The maximum Gasteiger partial charge on any atom is 0.248 e. The lowest BCUT2D eigenvalue weighted by molar-refractivity contribution is -0.121. The van der Waals surface area contributed by atoms with E-state index in [4.69, 9.17) is 17.0 Å². The predicted molar refractivity (Wildman–Crippen MR) is 90.1 cm³/mol. The summed E-state index contributed by atoms with van der Waals surface area (Å²) in [6.07, 6.45) is 0.785. The number of carbonyl (C=O) groups is 1. The van der Waals surface area contributed by atoms with Gasteiger partial charge < -0.3 is 10.1 Å². The van der Waals surface area contributed by atoms with Crippen molar-refractivity contribution < 1.29 is 18.3 Å². The predicted octanol–water partition coefficient (Wildman–Crippen LogP) is 1.93. The van der Waals surface area contributed by atoms with Gasteiger partial charge in [-0.1, -0.05) is 0 Å². The van der Waals surface area contributed by atoms with Crippen LogP contribution in [-0.2, 0) is 9.53 Å². The van der Waals surface area contributed by atoms with Crippen LogP contribution in [0.1, 0.15) is 6.42 Å². The quantitative estimate of drug-likeness (QED) is 0.334. The molecule has 5 nitrogen and oxygen atoms in total. The monoisotopic (exact) mass is 363 g/mol. The molecule has 0 bridgehead atoms. The number of amides is 1. The highest BCUT2D eigenvalue weighted by Gasteiger charge is 2.11. The summed E-state index contributed by atoms with van der Waals surface area (Å²) in [5.74, 6) is -1.54. The number of nitrogens with one attached hydrogen (secondary N) is 2. The lowest BCUT2D eigenvalue weighted by atomic mass is 10.3. The molecule has 0 saturated heterocycles. The first kappa shape index (κ1) is 19.6. The molecule has 0 saturated carbocycles. The number of ether oxygens (including phenoxy) is 1. The van der Waals surface area contributed by atoms with Gasteiger partial charge in [0.2, 0.25) is 5.91 Å². The van der Waals surface area contributed by atoms with Crippen LogP contribution in [0.2, 0.25) is 0 Å². The Balaban J connectivity index is 2.35. The third kappa shape index (κ3) is 7.58. The molecular weight excluding hydrogens is 344 g/mol. The van der Waals surface area contributed by atoms with Crippen molar-refractivity contribution in [2.45, 2.75) is 11.3 Å². The van der Waals surface area contributed by atoms with Gasteiger partial charge in [0.1, 0.15) is 11.6 Å². The topological polar surface area (TPSA) is 53.6 Å². The summed E-state index contributed by atoms with van der Waals surface area (Å²) >= 11 is 6.02. The minimum atomic E-state index is -0.562. The number of methoxy groups -OCH3 is 1. The molecule has 0 aliphatic heterocycles. The average Bonchev–Trinajstić information content (AvgIpc) is 2.52. The molecule has 1 aromatic rings. The summed E-state index contributed by atoms with van der Waals surface area (Å²) in [4.78, 5) is 11.9. The Hall–Kier alpha value is -1.45. The van der Waals surface area contributed by atoms with E-state index in [1.54, 1.807) is 14.2 Å². The molecule has 0 aromatic heterocycles. The Morgan fingerprint density at radius 2 is 2.17 bits per heavy atom. The highest BCUT2D eigenvalue weighted by atomic mass is 32.2. The van der Waals surface area contributed by atoms with E-state index in [1.807, 2.05) is 0 Å². The van der Waals surface area contributed by atoms with Crippen LogP contribution in [0.4, 0.5) is 8.78 Å². The van der Waals surface area contributed by atoms with E-state index in [1.165, 1.54) is 5.01 Å². The minimum Gasteiger partial charge on any atom is -0.385 e. The molecule has 0 radical (unpaired) electrons. The largest absolute Gasteiger partial charge is 0.385 e. The molecule has 2 N–H and O–H groups in total. The number of halogens is 2. The molecule has 0 aliphatic carbocycles. The Morgan fingerprint density at radius 1 is 1.43 bits per heavy atom. The molecule has 9 heteroatoms. The molecule has 0 fully saturated rings. The molecular formula is C14H19F2N3O2S2. The molecule has 1 aromatic carbocycles. The Morgan fingerprint density at radius 3 is 2.87 bits per heavy atom. The van der Waals surface area contributed by atoms with Gasteiger partial charge in [0.15, 0.2) is 5.11 Å². The van der Waals surface area contributed by atoms with Crippen LogP contribution in [0.5, 0.6) is 0 Å². The standard InChI is InChI=1S/C14H19F2N3O2S2/c1-19(14(22)17-6-3-7-21-2)18-13(20)9-23-12-8-10(15)4-5-11(12)16/h4-5,8H,3,6-7,9H2,1-2H3,(H,17,22)(H,18,20). The fourth-order valence-electron chi connectivity index (χ4n) is 1.53. The van der Waals surface area contributed by atoms with Crippen molar-refractivity contribution in [1.29, 1.82) is 0 Å². The summed E-state index contributed by atoms with van der Waals surface area (Å²) in [6.45, 7) is 1.23. The van der Waals surface area contributed by atoms with Crippen molar-refractivity contribution in [3.05, 3.63) is 29.8 Å². The maximum atomic E-state index is 13.4. The zero-order valence-electron chi connectivity index (χ0n) is 12.9. The summed E-state index contributed by atoms with van der Waals surface area (Å²) in [5, 5.41) is 4.69. The van der Waals surface area contributed by atoms with Gasteiger partial charge in [0.05, 0.1) is 5.75 Å². The summed E-state index contributed by atoms with van der Waals surface area (Å²) in [5.41, 5.74) is 2.55. The van der Waals surface area contributed by atoms with Crippen LogP contribution in [0.15, 0.2) is 23.1 Å². The van der Waals surface area contributed by atoms with Crippen LogP contribution < -0.4 is 10.7 Å². The second kappa shape index (κ2) is 10.3. The number of hydrogen-bond donors (Lipinski definition) is 2. The zero-order chi connectivity index (χ0) is 17.2. The summed E-state index contributed by atoms with van der Waals surface area (Å²) < 4.78 is 31.4. The van der Waals surface area contributed by atoms with E-state index >= 15 is 0 Å². The van der Waals surface area contributed by atoms with Gasteiger partial charge in [-0.25, -0.2) is 8.78 Å². The second-order valence-corrected chi connectivity index (χ2v) is 5.94. The zero-order valence-corrected chi connectivity index (χ0v) is 14.5. The van der Waals surface area contributed by atoms with Crippen molar-refractivity contribution in [3.8, 4) is 0 Å².